The van der Waals surface area contributed by atoms with Crippen LogP contribution >= 0.6 is 0 Å². The molecule has 0 unspecified atom stereocenters. The lowest BCUT2D eigenvalue weighted by atomic mass is 10.1. The predicted octanol–water partition coefficient (Wildman–Crippen LogP) is 1.26. The molecule has 31 heavy (non-hydrogen) atoms. The van der Waals surface area contributed by atoms with Crippen molar-refractivity contribution in [3.05, 3.63) is 69.8 Å². The van der Waals surface area contributed by atoms with E-state index in [1.54, 1.807) is 12.3 Å². The van der Waals surface area contributed by atoms with E-state index in [0.29, 0.717) is 48.1 Å². The Bertz CT molecular complexity index is 1150. The fourth-order valence-electron chi connectivity index (χ4n) is 3.58. The second-order valence-corrected chi connectivity index (χ2v) is 7.26. The van der Waals surface area contributed by atoms with Gasteiger partial charge in [-0.1, -0.05) is 12.1 Å². The molecule has 1 aromatic carbocycles. The molecule has 0 bridgehead atoms. The zero-order valence-corrected chi connectivity index (χ0v) is 17.1. The Morgan fingerprint density at radius 2 is 2.13 bits per heavy atom. The second kappa shape index (κ2) is 8.97. The summed E-state index contributed by atoms with van der Waals surface area (Å²) in [5.41, 5.74) is 8.14. The molecule has 1 aliphatic rings. The Hall–Kier alpha value is -3.72. The van der Waals surface area contributed by atoms with Crippen molar-refractivity contribution in [2.24, 2.45) is 5.73 Å². The number of fused-ring (bicyclic) bond motifs is 1. The lowest BCUT2D eigenvalue weighted by Gasteiger charge is -2.28. The van der Waals surface area contributed by atoms with Gasteiger partial charge in [-0.15, -0.1) is 0 Å². The summed E-state index contributed by atoms with van der Waals surface area (Å²) in [5, 5.41) is 0. The third-order valence-corrected chi connectivity index (χ3v) is 5.06. The number of methoxy groups -OCH3 is 1. The van der Waals surface area contributed by atoms with Gasteiger partial charge in [0.05, 0.1) is 18.4 Å². The number of rotatable bonds is 7. The fourth-order valence-corrected chi connectivity index (χ4v) is 3.58. The summed E-state index contributed by atoms with van der Waals surface area (Å²) >= 11 is 0. The molecule has 2 aromatic heterocycles. The molecule has 0 aliphatic carbocycles. The molecular weight excluding hydrogens is 398 g/mol. The van der Waals surface area contributed by atoms with Gasteiger partial charge in [0.1, 0.15) is 5.69 Å². The van der Waals surface area contributed by atoms with Crippen molar-refractivity contribution in [3.8, 4) is 23.0 Å². The first-order chi connectivity index (χ1) is 15.0. The standard InChI is InChI=1S/C22H23N5O4/c1-30-19-10-14(5-6-18(19)31-13-20(23)28)11-27-9-7-16-15(12-27)22(29)26-21(25-16)17-4-2-3-8-24-17/h2-6,8,10H,7,9,11-13H2,1H3,(H2,23,28)(H,25,26,29). The van der Waals surface area contributed by atoms with E-state index < -0.39 is 5.91 Å². The van der Waals surface area contributed by atoms with E-state index in [1.807, 2.05) is 30.3 Å². The average Bonchev–Trinajstić information content (AvgIpc) is 2.79. The van der Waals surface area contributed by atoms with Crippen molar-refractivity contribution < 1.29 is 14.3 Å². The number of hydrogen-bond donors (Lipinski definition) is 2. The number of carbonyl (C=O) groups excluding carboxylic acids is 1. The summed E-state index contributed by atoms with van der Waals surface area (Å²) in [5.74, 6) is 0.921. The van der Waals surface area contributed by atoms with Gasteiger partial charge in [-0.05, 0) is 29.8 Å². The summed E-state index contributed by atoms with van der Waals surface area (Å²) in [7, 11) is 1.54. The third kappa shape index (κ3) is 4.72. The number of benzene rings is 1. The van der Waals surface area contributed by atoms with Crippen LogP contribution in [-0.2, 0) is 24.3 Å². The highest BCUT2D eigenvalue weighted by atomic mass is 16.5. The van der Waals surface area contributed by atoms with E-state index in [0.717, 1.165) is 17.8 Å². The number of aromatic nitrogens is 3. The fraction of sp³-hybridized carbons (Fsp3) is 0.273. The van der Waals surface area contributed by atoms with Crippen molar-refractivity contribution in [1.29, 1.82) is 0 Å². The Morgan fingerprint density at radius 1 is 1.26 bits per heavy atom. The molecule has 1 aliphatic heterocycles. The van der Waals surface area contributed by atoms with Gasteiger partial charge < -0.3 is 20.2 Å². The number of aromatic amines is 1. The van der Waals surface area contributed by atoms with Crippen LogP contribution in [0.3, 0.4) is 0 Å². The minimum atomic E-state index is -0.553. The number of primary amides is 1. The predicted molar refractivity (Wildman–Crippen MR) is 114 cm³/mol. The number of carbonyl (C=O) groups is 1. The molecule has 0 spiro atoms. The number of H-pyrrole nitrogens is 1. The van der Waals surface area contributed by atoms with Crippen molar-refractivity contribution >= 4 is 5.91 Å². The van der Waals surface area contributed by atoms with Crippen LogP contribution in [0, 0.1) is 0 Å². The molecule has 9 heteroatoms. The lowest BCUT2D eigenvalue weighted by Crippen LogP contribution is -2.35. The normalized spacial score (nSPS) is 13.5. The SMILES string of the molecule is COc1cc(CN2CCc3nc(-c4ccccn4)[nH]c(=O)c3C2)ccc1OCC(N)=O. The maximum Gasteiger partial charge on any atom is 0.255 e. The molecule has 1 amide bonds. The Morgan fingerprint density at radius 3 is 2.87 bits per heavy atom. The van der Waals surface area contributed by atoms with Crippen LogP contribution in [0.25, 0.3) is 11.5 Å². The van der Waals surface area contributed by atoms with Gasteiger partial charge in [-0.25, -0.2) is 4.98 Å². The molecule has 3 aromatic rings. The topological polar surface area (TPSA) is 123 Å². The summed E-state index contributed by atoms with van der Waals surface area (Å²) in [4.78, 5) is 37.6. The summed E-state index contributed by atoms with van der Waals surface area (Å²) in [6.45, 7) is 1.69. The quantitative estimate of drug-likeness (QED) is 0.589. The monoisotopic (exact) mass is 421 g/mol. The molecule has 0 radical (unpaired) electrons. The zero-order chi connectivity index (χ0) is 21.8. The van der Waals surface area contributed by atoms with Crippen LogP contribution in [0.2, 0.25) is 0 Å². The van der Waals surface area contributed by atoms with Crippen molar-refractivity contribution in [1.82, 2.24) is 19.9 Å². The maximum absolute atomic E-state index is 12.7. The highest BCUT2D eigenvalue weighted by Crippen LogP contribution is 2.29. The van der Waals surface area contributed by atoms with Crippen LogP contribution in [0.15, 0.2) is 47.4 Å². The molecule has 0 fully saturated rings. The highest BCUT2D eigenvalue weighted by molar-refractivity contribution is 5.75. The highest BCUT2D eigenvalue weighted by Gasteiger charge is 2.22. The molecule has 0 atom stereocenters. The molecule has 3 N–H and O–H groups in total. The lowest BCUT2D eigenvalue weighted by molar-refractivity contribution is -0.119. The van der Waals surface area contributed by atoms with Gasteiger partial charge in [-0.3, -0.25) is 19.5 Å². The first kappa shape index (κ1) is 20.5. The summed E-state index contributed by atoms with van der Waals surface area (Å²) in [6.07, 6.45) is 2.35. The van der Waals surface area contributed by atoms with E-state index >= 15 is 0 Å². The van der Waals surface area contributed by atoms with E-state index in [9.17, 15) is 9.59 Å². The van der Waals surface area contributed by atoms with Crippen molar-refractivity contribution in [2.75, 3.05) is 20.3 Å². The molecule has 4 rings (SSSR count). The molecule has 9 nitrogen and oxygen atoms in total. The largest absolute Gasteiger partial charge is 0.493 e. The van der Waals surface area contributed by atoms with Crippen molar-refractivity contribution in [2.45, 2.75) is 19.5 Å². The van der Waals surface area contributed by atoms with Gasteiger partial charge in [0.25, 0.3) is 11.5 Å². The van der Waals surface area contributed by atoms with Crippen LogP contribution in [0.1, 0.15) is 16.8 Å². The first-order valence-corrected chi connectivity index (χ1v) is 9.87. The summed E-state index contributed by atoms with van der Waals surface area (Å²) < 4.78 is 10.7. The Kier molecular flexibility index (Phi) is 5.94. The van der Waals surface area contributed by atoms with Crippen LogP contribution in [0.5, 0.6) is 11.5 Å². The van der Waals surface area contributed by atoms with Gasteiger partial charge >= 0.3 is 0 Å². The Balaban J connectivity index is 1.49. The molecular formula is C22H23N5O4. The smallest absolute Gasteiger partial charge is 0.255 e. The number of amides is 1. The molecule has 0 saturated carbocycles. The zero-order valence-electron chi connectivity index (χ0n) is 17.1. The van der Waals surface area contributed by atoms with Gasteiger partial charge in [-0.2, -0.15) is 0 Å². The number of nitrogens with one attached hydrogen (secondary N) is 1. The van der Waals surface area contributed by atoms with E-state index in [2.05, 4.69) is 19.9 Å². The minimum absolute atomic E-state index is 0.136. The molecule has 160 valence electrons. The van der Waals surface area contributed by atoms with Crippen LogP contribution in [0.4, 0.5) is 0 Å². The van der Waals surface area contributed by atoms with E-state index in [1.165, 1.54) is 7.11 Å². The van der Waals surface area contributed by atoms with Gasteiger partial charge in [0.2, 0.25) is 0 Å². The maximum atomic E-state index is 12.7. The number of nitrogens with two attached hydrogens (primary N) is 1. The minimum Gasteiger partial charge on any atom is -0.493 e. The van der Waals surface area contributed by atoms with Crippen molar-refractivity contribution in [3.63, 3.8) is 0 Å². The average molecular weight is 421 g/mol. The first-order valence-electron chi connectivity index (χ1n) is 9.87. The molecule has 3 heterocycles. The number of ether oxygens (including phenoxy) is 2. The Labute approximate surface area is 178 Å². The number of pyridine rings is 1. The summed E-state index contributed by atoms with van der Waals surface area (Å²) in [6, 6.07) is 11.0. The number of hydrogen-bond acceptors (Lipinski definition) is 7. The molecule has 0 saturated heterocycles. The van der Waals surface area contributed by atoms with Gasteiger partial charge in [0, 0.05) is 32.3 Å². The third-order valence-electron chi connectivity index (χ3n) is 5.06. The second-order valence-electron chi connectivity index (χ2n) is 7.26. The van der Waals surface area contributed by atoms with Crippen LogP contribution < -0.4 is 20.8 Å². The van der Waals surface area contributed by atoms with Gasteiger partial charge in [0.15, 0.2) is 23.9 Å². The number of nitrogens with zero attached hydrogens (tertiary/aromatic N) is 3. The van der Waals surface area contributed by atoms with E-state index in [4.69, 9.17) is 15.2 Å². The van der Waals surface area contributed by atoms with Crippen LogP contribution in [-0.4, -0.2) is 46.0 Å². The van der Waals surface area contributed by atoms with E-state index in [-0.39, 0.29) is 12.2 Å².